The predicted molar refractivity (Wildman–Crippen MR) is 79.5 cm³/mol. The van der Waals surface area contributed by atoms with Crippen LogP contribution in [0.15, 0.2) is 12.7 Å². The van der Waals surface area contributed by atoms with Crippen molar-refractivity contribution in [3.63, 3.8) is 0 Å². The van der Waals surface area contributed by atoms with Crippen LogP contribution in [0.4, 0.5) is 0 Å². The van der Waals surface area contributed by atoms with Crippen molar-refractivity contribution in [2.45, 2.75) is 50.7 Å². The maximum Gasteiger partial charge on any atom is 0.237 e. The summed E-state index contributed by atoms with van der Waals surface area (Å²) in [6.45, 7) is 1.96. The summed E-state index contributed by atoms with van der Waals surface area (Å²) in [4.78, 5) is 17.9. The second kappa shape index (κ2) is 6.88. The highest BCUT2D eigenvalue weighted by Gasteiger charge is 2.30. The molecular formula is C15H22N6O. The summed E-state index contributed by atoms with van der Waals surface area (Å²) in [5, 5.41) is 16.6. The van der Waals surface area contributed by atoms with E-state index in [0.717, 1.165) is 45.2 Å². The van der Waals surface area contributed by atoms with E-state index < -0.39 is 0 Å². The summed E-state index contributed by atoms with van der Waals surface area (Å²) < 4.78 is 1.87. The first kappa shape index (κ1) is 15.0. The molecule has 3 unspecified atom stereocenters. The minimum Gasteiger partial charge on any atom is -0.326 e. The average molecular weight is 302 g/mol. The van der Waals surface area contributed by atoms with Crippen molar-refractivity contribution in [2.75, 3.05) is 13.1 Å². The first-order valence-electron chi connectivity index (χ1n) is 8.01. The molecule has 118 valence electrons. The third-order valence-corrected chi connectivity index (χ3v) is 4.72. The third kappa shape index (κ3) is 3.45. The standard InChI is InChI=1S/C15H22N6O/c16-7-14-2-1-5-21(14)15(22)8-18-13-4-3-12(6-13)9-20-11-17-10-19-20/h10-14,18H,1-6,8-9H2. The molecule has 0 aromatic carbocycles. The van der Waals surface area contributed by atoms with Crippen LogP contribution in [0.5, 0.6) is 0 Å². The molecule has 22 heavy (non-hydrogen) atoms. The number of hydrogen-bond acceptors (Lipinski definition) is 5. The fourth-order valence-corrected chi connectivity index (χ4v) is 3.55. The second-order valence-electron chi connectivity index (χ2n) is 6.25. The molecule has 2 aliphatic rings. The zero-order chi connectivity index (χ0) is 15.4. The lowest BCUT2D eigenvalue weighted by molar-refractivity contribution is -0.130. The molecule has 1 aliphatic heterocycles. The maximum absolute atomic E-state index is 12.2. The molecule has 1 amide bonds. The van der Waals surface area contributed by atoms with Crippen LogP contribution in [0.25, 0.3) is 0 Å². The summed E-state index contributed by atoms with van der Waals surface area (Å²) in [6, 6.07) is 2.38. The van der Waals surface area contributed by atoms with E-state index in [0.29, 0.717) is 18.5 Å². The van der Waals surface area contributed by atoms with E-state index >= 15 is 0 Å². The number of nitriles is 1. The lowest BCUT2D eigenvalue weighted by atomic mass is 10.1. The number of nitrogens with zero attached hydrogens (tertiary/aromatic N) is 5. The van der Waals surface area contributed by atoms with Crippen LogP contribution in [0.3, 0.4) is 0 Å². The number of carbonyl (C=O) groups is 1. The highest BCUT2D eigenvalue weighted by molar-refractivity contribution is 5.79. The minimum absolute atomic E-state index is 0.0591. The molecule has 1 saturated carbocycles. The fourth-order valence-electron chi connectivity index (χ4n) is 3.55. The largest absolute Gasteiger partial charge is 0.326 e. The number of aromatic nitrogens is 3. The van der Waals surface area contributed by atoms with E-state index in [1.807, 2.05) is 4.68 Å². The van der Waals surface area contributed by atoms with Gasteiger partial charge in [0.1, 0.15) is 18.7 Å². The molecular weight excluding hydrogens is 280 g/mol. The van der Waals surface area contributed by atoms with E-state index in [-0.39, 0.29) is 11.9 Å². The van der Waals surface area contributed by atoms with Gasteiger partial charge in [-0.3, -0.25) is 9.48 Å². The fraction of sp³-hybridized carbons (Fsp3) is 0.733. The number of rotatable bonds is 5. The Morgan fingerprint density at radius 2 is 2.32 bits per heavy atom. The van der Waals surface area contributed by atoms with E-state index in [1.54, 1.807) is 17.6 Å². The molecule has 0 bridgehead atoms. The van der Waals surface area contributed by atoms with Gasteiger partial charge in [0.05, 0.1) is 12.6 Å². The van der Waals surface area contributed by atoms with Crippen LogP contribution in [-0.4, -0.2) is 50.7 Å². The average Bonchev–Trinajstić information content (AvgIpc) is 3.26. The highest BCUT2D eigenvalue weighted by Crippen LogP contribution is 2.26. The summed E-state index contributed by atoms with van der Waals surface area (Å²) in [6.07, 6.45) is 8.36. The van der Waals surface area contributed by atoms with Crippen molar-refractivity contribution in [1.29, 1.82) is 5.26 Å². The van der Waals surface area contributed by atoms with Crippen LogP contribution < -0.4 is 5.32 Å². The number of hydrogen-bond donors (Lipinski definition) is 1. The predicted octanol–water partition coefficient (Wildman–Crippen LogP) is 0.551. The molecule has 2 fully saturated rings. The smallest absolute Gasteiger partial charge is 0.237 e. The molecule has 7 nitrogen and oxygen atoms in total. The van der Waals surface area contributed by atoms with Crippen LogP contribution in [0.1, 0.15) is 32.1 Å². The van der Waals surface area contributed by atoms with Crippen molar-refractivity contribution < 1.29 is 4.79 Å². The van der Waals surface area contributed by atoms with Crippen LogP contribution in [0, 0.1) is 17.2 Å². The number of carbonyl (C=O) groups excluding carboxylic acids is 1. The Hall–Kier alpha value is -1.94. The number of likely N-dealkylation sites (tertiary alicyclic amines) is 1. The normalized spacial score (nSPS) is 28.0. The Morgan fingerprint density at radius 1 is 1.41 bits per heavy atom. The van der Waals surface area contributed by atoms with Crippen LogP contribution in [0.2, 0.25) is 0 Å². The Kier molecular flexibility index (Phi) is 4.68. The van der Waals surface area contributed by atoms with Gasteiger partial charge in [-0.25, -0.2) is 4.98 Å². The van der Waals surface area contributed by atoms with Gasteiger partial charge >= 0.3 is 0 Å². The molecule has 2 heterocycles. The van der Waals surface area contributed by atoms with Gasteiger partial charge in [0, 0.05) is 19.1 Å². The molecule has 0 radical (unpaired) electrons. The van der Waals surface area contributed by atoms with E-state index in [9.17, 15) is 4.79 Å². The van der Waals surface area contributed by atoms with Gasteiger partial charge < -0.3 is 10.2 Å². The topological polar surface area (TPSA) is 86.8 Å². The highest BCUT2D eigenvalue weighted by atomic mass is 16.2. The Labute approximate surface area is 130 Å². The van der Waals surface area contributed by atoms with Gasteiger partial charge in [-0.1, -0.05) is 0 Å². The van der Waals surface area contributed by atoms with E-state index in [1.165, 1.54) is 0 Å². The summed E-state index contributed by atoms with van der Waals surface area (Å²) in [5.41, 5.74) is 0. The van der Waals surface area contributed by atoms with Crippen molar-refractivity contribution in [2.24, 2.45) is 5.92 Å². The minimum atomic E-state index is -0.224. The monoisotopic (exact) mass is 302 g/mol. The first-order chi connectivity index (χ1) is 10.8. The van der Waals surface area contributed by atoms with Gasteiger partial charge in [-0.05, 0) is 38.0 Å². The number of nitrogens with one attached hydrogen (secondary N) is 1. The molecule has 1 saturated heterocycles. The van der Waals surface area contributed by atoms with Gasteiger partial charge in [-0.15, -0.1) is 0 Å². The molecule has 1 N–H and O–H groups in total. The van der Waals surface area contributed by atoms with Crippen molar-refractivity contribution in [3.05, 3.63) is 12.7 Å². The Morgan fingerprint density at radius 3 is 3.09 bits per heavy atom. The summed E-state index contributed by atoms with van der Waals surface area (Å²) >= 11 is 0. The SMILES string of the molecule is N#CC1CCCN1C(=O)CNC1CCC(Cn2cncn2)C1. The zero-order valence-electron chi connectivity index (χ0n) is 12.7. The third-order valence-electron chi connectivity index (χ3n) is 4.72. The van der Waals surface area contributed by atoms with E-state index in [2.05, 4.69) is 21.5 Å². The van der Waals surface area contributed by atoms with Gasteiger partial charge in [0.15, 0.2) is 0 Å². The van der Waals surface area contributed by atoms with Crippen LogP contribution >= 0.6 is 0 Å². The quantitative estimate of drug-likeness (QED) is 0.858. The van der Waals surface area contributed by atoms with Gasteiger partial charge in [0.25, 0.3) is 0 Å². The molecule has 0 spiro atoms. The lowest BCUT2D eigenvalue weighted by Gasteiger charge is -2.21. The molecule has 3 rings (SSSR count). The zero-order valence-corrected chi connectivity index (χ0v) is 12.7. The molecule has 3 atom stereocenters. The summed E-state index contributed by atoms with van der Waals surface area (Å²) in [7, 11) is 0. The van der Waals surface area contributed by atoms with Crippen molar-refractivity contribution >= 4 is 5.91 Å². The van der Waals surface area contributed by atoms with Crippen LogP contribution in [-0.2, 0) is 11.3 Å². The first-order valence-corrected chi connectivity index (χ1v) is 8.01. The molecule has 1 aliphatic carbocycles. The Balaban J connectivity index is 1.41. The second-order valence-corrected chi connectivity index (χ2v) is 6.25. The summed E-state index contributed by atoms with van der Waals surface area (Å²) in [5.74, 6) is 0.650. The van der Waals surface area contributed by atoms with E-state index in [4.69, 9.17) is 5.26 Å². The van der Waals surface area contributed by atoms with Crippen molar-refractivity contribution in [1.82, 2.24) is 25.0 Å². The number of amides is 1. The molecule has 7 heteroatoms. The van der Waals surface area contributed by atoms with Crippen molar-refractivity contribution in [3.8, 4) is 6.07 Å². The Bertz CT molecular complexity index is 537. The molecule has 1 aromatic rings. The molecule has 1 aromatic heterocycles. The maximum atomic E-state index is 12.2. The van der Waals surface area contributed by atoms with Gasteiger partial charge in [-0.2, -0.15) is 10.4 Å². The lowest BCUT2D eigenvalue weighted by Crippen LogP contribution is -2.42. The van der Waals surface area contributed by atoms with Gasteiger partial charge in [0.2, 0.25) is 5.91 Å².